The van der Waals surface area contributed by atoms with Gasteiger partial charge in [-0.25, -0.2) is 13.1 Å². The highest BCUT2D eigenvalue weighted by molar-refractivity contribution is 7.89. The second kappa shape index (κ2) is 7.24. The van der Waals surface area contributed by atoms with Crippen molar-refractivity contribution in [1.29, 1.82) is 0 Å². The zero-order valence-corrected chi connectivity index (χ0v) is 13.6. The number of anilines is 1. The van der Waals surface area contributed by atoms with Crippen LogP contribution in [-0.2, 0) is 10.0 Å². The van der Waals surface area contributed by atoms with Crippen LogP contribution in [0.3, 0.4) is 0 Å². The summed E-state index contributed by atoms with van der Waals surface area (Å²) in [4.78, 5) is 2.62. The van der Waals surface area contributed by atoms with Gasteiger partial charge in [0.1, 0.15) is 4.90 Å². The van der Waals surface area contributed by atoms with Gasteiger partial charge in [-0.2, -0.15) is 0 Å². The topological polar surface area (TPSA) is 61.4 Å². The molecule has 118 valence electrons. The predicted octanol–water partition coefficient (Wildman–Crippen LogP) is 1.74. The molecule has 2 rings (SSSR count). The van der Waals surface area contributed by atoms with E-state index in [2.05, 4.69) is 22.0 Å². The van der Waals surface area contributed by atoms with Gasteiger partial charge in [0.25, 0.3) is 0 Å². The number of hydrogen-bond donors (Lipinski definition) is 2. The third-order valence-electron chi connectivity index (χ3n) is 3.94. The van der Waals surface area contributed by atoms with Crippen LogP contribution in [0.1, 0.15) is 19.8 Å². The minimum Gasteiger partial charge on any atom is -0.384 e. The summed E-state index contributed by atoms with van der Waals surface area (Å²) < 4.78 is 27.7. The molecule has 6 heteroatoms. The highest BCUT2D eigenvalue weighted by Gasteiger charge is 2.22. The summed E-state index contributed by atoms with van der Waals surface area (Å²) in [6, 6.07) is 7.04. The van der Waals surface area contributed by atoms with Gasteiger partial charge in [-0.05, 0) is 58.0 Å². The Hall–Kier alpha value is -1.11. The number of piperidine rings is 1. The molecule has 0 unspecified atom stereocenters. The summed E-state index contributed by atoms with van der Waals surface area (Å²) in [6.45, 7) is 5.26. The Balaban J connectivity index is 2.01. The Bertz CT molecular complexity index is 552. The van der Waals surface area contributed by atoms with Gasteiger partial charge in [-0.15, -0.1) is 0 Å². The standard InChI is InChI=1S/C15H25N3O2S/c1-3-16-14-6-4-5-7-15(14)21(19,20)17-12-13-8-10-18(2)11-9-13/h4-7,13,16-17H,3,8-12H2,1-2H3. The number of hydrogen-bond acceptors (Lipinski definition) is 4. The number of benzene rings is 1. The maximum atomic E-state index is 12.5. The summed E-state index contributed by atoms with van der Waals surface area (Å²) in [7, 11) is -1.35. The summed E-state index contributed by atoms with van der Waals surface area (Å²) in [6.07, 6.45) is 2.10. The van der Waals surface area contributed by atoms with Crippen LogP contribution in [0, 0.1) is 5.92 Å². The molecule has 5 nitrogen and oxygen atoms in total. The Labute approximate surface area is 127 Å². The van der Waals surface area contributed by atoms with Crippen molar-refractivity contribution >= 4 is 15.7 Å². The lowest BCUT2D eigenvalue weighted by molar-refractivity contribution is 0.220. The quantitative estimate of drug-likeness (QED) is 0.840. The molecule has 0 aromatic heterocycles. The predicted molar refractivity (Wildman–Crippen MR) is 86.0 cm³/mol. The Morgan fingerprint density at radius 1 is 1.24 bits per heavy atom. The lowest BCUT2D eigenvalue weighted by atomic mass is 9.98. The van der Waals surface area contributed by atoms with Crippen molar-refractivity contribution in [3.8, 4) is 0 Å². The minimum atomic E-state index is -3.45. The minimum absolute atomic E-state index is 0.333. The smallest absolute Gasteiger partial charge is 0.242 e. The lowest BCUT2D eigenvalue weighted by Crippen LogP contribution is -2.37. The molecule has 1 fully saturated rings. The molecule has 1 aliphatic heterocycles. The molecule has 0 saturated carbocycles. The molecule has 0 radical (unpaired) electrons. The van der Waals surface area contributed by atoms with Gasteiger partial charge in [-0.1, -0.05) is 12.1 Å². The molecular formula is C15H25N3O2S. The SMILES string of the molecule is CCNc1ccccc1S(=O)(=O)NCC1CCN(C)CC1. The first-order valence-corrected chi connectivity index (χ1v) is 9.02. The van der Waals surface area contributed by atoms with Crippen molar-refractivity contribution in [1.82, 2.24) is 9.62 Å². The fraction of sp³-hybridized carbons (Fsp3) is 0.600. The summed E-state index contributed by atoms with van der Waals surface area (Å²) in [5.74, 6) is 0.433. The van der Waals surface area contributed by atoms with E-state index in [-0.39, 0.29) is 0 Å². The molecular weight excluding hydrogens is 286 g/mol. The number of sulfonamides is 1. The molecule has 21 heavy (non-hydrogen) atoms. The van der Waals surface area contributed by atoms with Gasteiger partial charge < -0.3 is 10.2 Å². The number of para-hydroxylation sites is 1. The van der Waals surface area contributed by atoms with Crippen molar-refractivity contribution in [3.63, 3.8) is 0 Å². The molecule has 0 bridgehead atoms. The van der Waals surface area contributed by atoms with Crippen LogP contribution in [-0.4, -0.2) is 46.5 Å². The van der Waals surface area contributed by atoms with Gasteiger partial charge in [-0.3, -0.25) is 0 Å². The second-order valence-corrected chi connectivity index (χ2v) is 7.36. The normalized spacial score (nSPS) is 17.8. The van der Waals surface area contributed by atoms with Crippen molar-refractivity contribution in [2.75, 3.05) is 38.5 Å². The zero-order chi connectivity index (χ0) is 15.3. The lowest BCUT2D eigenvalue weighted by Gasteiger charge is -2.29. The Kier molecular flexibility index (Phi) is 5.61. The maximum absolute atomic E-state index is 12.5. The second-order valence-electron chi connectivity index (χ2n) is 5.63. The summed E-state index contributed by atoms with van der Waals surface area (Å²) >= 11 is 0. The number of rotatable bonds is 6. The Morgan fingerprint density at radius 2 is 1.90 bits per heavy atom. The van der Waals surface area contributed by atoms with E-state index >= 15 is 0 Å². The number of likely N-dealkylation sites (tertiary alicyclic amines) is 1. The van der Waals surface area contributed by atoms with Crippen LogP contribution in [0.4, 0.5) is 5.69 Å². The van der Waals surface area contributed by atoms with Crippen molar-refractivity contribution in [2.45, 2.75) is 24.7 Å². The fourth-order valence-electron chi connectivity index (χ4n) is 2.61. The Morgan fingerprint density at radius 3 is 2.57 bits per heavy atom. The molecule has 2 N–H and O–H groups in total. The zero-order valence-electron chi connectivity index (χ0n) is 12.8. The molecule has 0 amide bonds. The third kappa shape index (κ3) is 4.43. The van der Waals surface area contributed by atoms with Crippen molar-refractivity contribution in [3.05, 3.63) is 24.3 Å². The first-order valence-electron chi connectivity index (χ1n) is 7.54. The number of nitrogens with one attached hydrogen (secondary N) is 2. The monoisotopic (exact) mass is 311 g/mol. The van der Waals surface area contributed by atoms with Crippen molar-refractivity contribution in [2.24, 2.45) is 5.92 Å². The van der Waals surface area contributed by atoms with Crippen molar-refractivity contribution < 1.29 is 8.42 Å². The van der Waals surface area contributed by atoms with Crippen LogP contribution in [0.2, 0.25) is 0 Å². The first-order chi connectivity index (χ1) is 10.0. The van der Waals surface area contributed by atoms with E-state index in [9.17, 15) is 8.42 Å². The highest BCUT2D eigenvalue weighted by atomic mass is 32.2. The van der Waals surface area contributed by atoms with Crippen LogP contribution in [0.25, 0.3) is 0 Å². The van der Waals surface area contributed by atoms with E-state index in [1.165, 1.54) is 0 Å². The number of nitrogens with zero attached hydrogens (tertiary/aromatic N) is 1. The fourth-order valence-corrected chi connectivity index (χ4v) is 3.91. The van der Waals surface area contributed by atoms with Gasteiger partial charge >= 0.3 is 0 Å². The van der Waals surface area contributed by atoms with Gasteiger partial charge in [0, 0.05) is 13.1 Å². The molecule has 0 spiro atoms. The van der Waals surface area contributed by atoms with E-state index in [0.29, 0.717) is 29.6 Å². The molecule has 1 aliphatic rings. The van der Waals surface area contributed by atoms with Crippen LogP contribution < -0.4 is 10.0 Å². The average molecular weight is 311 g/mol. The van der Waals surface area contributed by atoms with E-state index in [4.69, 9.17) is 0 Å². The van der Waals surface area contributed by atoms with Gasteiger partial charge in [0.15, 0.2) is 0 Å². The maximum Gasteiger partial charge on any atom is 0.242 e. The molecule has 1 saturated heterocycles. The van der Waals surface area contributed by atoms with Gasteiger partial charge in [0.2, 0.25) is 10.0 Å². The van der Waals surface area contributed by atoms with Crippen LogP contribution >= 0.6 is 0 Å². The molecule has 1 aromatic carbocycles. The molecule has 0 aliphatic carbocycles. The highest BCUT2D eigenvalue weighted by Crippen LogP contribution is 2.21. The van der Waals surface area contributed by atoms with Crippen LogP contribution in [0.5, 0.6) is 0 Å². The molecule has 1 aromatic rings. The summed E-state index contributed by atoms with van der Waals surface area (Å²) in [5, 5.41) is 3.10. The van der Waals surface area contributed by atoms with E-state index in [0.717, 1.165) is 25.9 Å². The average Bonchev–Trinajstić information content (AvgIpc) is 2.47. The largest absolute Gasteiger partial charge is 0.384 e. The van der Waals surface area contributed by atoms with E-state index in [1.54, 1.807) is 18.2 Å². The molecule has 0 atom stereocenters. The third-order valence-corrected chi connectivity index (χ3v) is 5.43. The van der Waals surface area contributed by atoms with Crippen LogP contribution in [0.15, 0.2) is 29.2 Å². The first kappa shape index (κ1) is 16.3. The van der Waals surface area contributed by atoms with E-state index < -0.39 is 10.0 Å². The van der Waals surface area contributed by atoms with E-state index in [1.807, 2.05) is 13.0 Å². The summed E-state index contributed by atoms with van der Waals surface area (Å²) in [5.41, 5.74) is 0.663. The molecule has 1 heterocycles. The van der Waals surface area contributed by atoms with Gasteiger partial charge in [0.05, 0.1) is 5.69 Å².